The van der Waals surface area contributed by atoms with Gasteiger partial charge in [0.15, 0.2) is 11.5 Å². The molecular weight excluding hydrogens is 284 g/mol. The van der Waals surface area contributed by atoms with Gasteiger partial charge in [-0.25, -0.2) is 0 Å². The lowest BCUT2D eigenvalue weighted by Crippen LogP contribution is -2.19. The van der Waals surface area contributed by atoms with Crippen molar-refractivity contribution in [2.75, 3.05) is 20.5 Å². The van der Waals surface area contributed by atoms with E-state index in [-0.39, 0.29) is 18.5 Å². The van der Waals surface area contributed by atoms with E-state index in [4.69, 9.17) is 18.9 Å². The molecule has 4 rings (SSSR count). The maximum absolute atomic E-state index is 10.2. The number of rotatable bonds is 2. The number of ether oxygens (including phenoxy) is 4. The summed E-state index contributed by atoms with van der Waals surface area (Å²) in [5.74, 6) is 3.18. The van der Waals surface area contributed by atoms with E-state index in [1.54, 1.807) is 13.2 Å². The van der Waals surface area contributed by atoms with Gasteiger partial charge in [0.05, 0.1) is 13.7 Å². The summed E-state index contributed by atoms with van der Waals surface area (Å²) in [6, 6.07) is 9.28. The van der Waals surface area contributed by atoms with Crippen molar-refractivity contribution in [3.63, 3.8) is 0 Å². The van der Waals surface area contributed by atoms with Crippen LogP contribution < -0.4 is 18.9 Å². The van der Waals surface area contributed by atoms with Gasteiger partial charge in [-0.1, -0.05) is 6.07 Å². The number of aromatic hydroxyl groups is 1. The van der Waals surface area contributed by atoms with E-state index in [1.165, 1.54) is 0 Å². The fourth-order valence-corrected chi connectivity index (χ4v) is 2.95. The van der Waals surface area contributed by atoms with Crippen molar-refractivity contribution in [1.82, 2.24) is 0 Å². The summed E-state index contributed by atoms with van der Waals surface area (Å²) in [6.45, 7) is 0.704. The van der Waals surface area contributed by atoms with Gasteiger partial charge in [-0.15, -0.1) is 0 Å². The van der Waals surface area contributed by atoms with Gasteiger partial charge in [-0.2, -0.15) is 0 Å². The fraction of sp³-hybridized carbons (Fsp3) is 0.294. The number of phenolic OH excluding ortho intramolecular Hbond substituents is 1. The minimum absolute atomic E-state index is 0.0791. The molecule has 5 nitrogen and oxygen atoms in total. The number of methoxy groups -OCH3 is 1. The van der Waals surface area contributed by atoms with Crippen LogP contribution in [0.5, 0.6) is 28.7 Å². The first kappa shape index (κ1) is 13.1. The van der Waals surface area contributed by atoms with Gasteiger partial charge in [0.1, 0.15) is 17.2 Å². The van der Waals surface area contributed by atoms with Gasteiger partial charge < -0.3 is 24.1 Å². The zero-order valence-corrected chi connectivity index (χ0v) is 12.2. The molecule has 2 aliphatic heterocycles. The van der Waals surface area contributed by atoms with Gasteiger partial charge in [-0.3, -0.25) is 0 Å². The predicted molar refractivity (Wildman–Crippen MR) is 79.2 cm³/mol. The minimum Gasteiger partial charge on any atom is -0.508 e. The highest BCUT2D eigenvalue weighted by molar-refractivity contribution is 5.53. The Labute approximate surface area is 128 Å². The average molecular weight is 300 g/mol. The summed E-state index contributed by atoms with van der Waals surface area (Å²) >= 11 is 0. The molecule has 2 heterocycles. The standard InChI is InChI=1S/C17H16O5/c1-19-12-3-2-10-4-11(8-20-15(10)5-12)13-6-16-17(7-14(13)18)22-9-21-16/h2-3,5-7,11,18H,4,8-9H2,1H3. The quantitative estimate of drug-likeness (QED) is 0.924. The van der Waals surface area contributed by atoms with Crippen LogP contribution in [0.25, 0.3) is 0 Å². The lowest BCUT2D eigenvalue weighted by Gasteiger charge is -2.26. The lowest BCUT2D eigenvalue weighted by molar-refractivity contribution is 0.174. The Morgan fingerprint density at radius 2 is 1.86 bits per heavy atom. The minimum atomic E-state index is 0.0791. The van der Waals surface area contributed by atoms with Crippen molar-refractivity contribution in [2.24, 2.45) is 0 Å². The summed E-state index contributed by atoms with van der Waals surface area (Å²) in [6.07, 6.45) is 0.798. The third-order valence-electron chi connectivity index (χ3n) is 4.14. The van der Waals surface area contributed by atoms with Crippen LogP contribution in [0.4, 0.5) is 0 Å². The maximum atomic E-state index is 10.2. The van der Waals surface area contributed by atoms with Crippen molar-refractivity contribution in [3.8, 4) is 28.7 Å². The van der Waals surface area contributed by atoms with Crippen LogP contribution in [0, 0.1) is 0 Å². The van der Waals surface area contributed by atoms with E-state index in [2.05, 4.69) is 0 Å². The van der Waals surface area contributed by atoms with E-state index in [9.17, 15) is 5.11 Å². The number of hydrogen-bond acceptors (Lipinski definition) is 5. The predicted octanol–water partition coefficient (Wildman–Crippen LogP) is 2.85. The van der Waals surface area contributed by atoms with Crippen molar-refractivity contribution in [1.29, 1.82) is 0 Å². The van der Waals surface area contributed by atoms with Crippen molar-refractivity contribution in [3.05, 3.63) is 41.5 Å². The molecule has 22 heavy (non-hydrogen) atoms. The molecule has 0 bridgehead atoms. The Balaban J connectivity index is 1.65. The molecule has 1 unspecified atom stereocenters. The molecule has 2 aromatic rings. The number of benzene rings is 2. The highest BCUT2D eigenvalue weighted by Crippen LogP contribution is 2.43. The molecule has 0 spiro atoms. The molecule has 2 aromatic carbocycles. The molecule has 0 saturated heterocycles. The Morgan fingerprint density at radius 1 is 1.05 bits per heavy atom. The van der Waals surface area contributed by atoms with Crippen LogP contribution in [0.3, 0.4) is 0 Å². The molecule has 0 fully saturated rings. The second-order valence-electron chi connectivity index (χ2n) is 5.45. The summed E-state index contributed by atoms with van der Waals surface area (Å²) in [5, 5.41) is 10.2. The van der Waals surface area contributed by atoms with Gasteiger partial charge >= 0.3 is 0 Å². The molecule has 1 N–H and O–H groups in total. The van der Waals surface area contributed by atoms with E-state index >= 15 is 0 Å². The van der Waals surface area contributed by atoms with Crippen LogP contribution in [-0.2, 0) is 6.42 Å². The molecule has 5 heteroatoms. The summed E-state index contributed by atoms with van der Waals surface area (Å²) in [7, 11) is 1.64. The Bertz CT molecular complexity index is 725. The van der Waals surface area contributed by atoms with Gasteiger partial charge in [0.2, 0.25) is 6.79 Å². The highest BCUT2D eigenvalue weighted by Gasteiger charge is 2.27. The van der Waals surface area contributed by atoms with Crippen molar-refractivity contribution < 1.29 is 24.1 Å². The maximum Gasteiger partial charge on any atom is 0.231 e. The first-order chi connectivity index (χ1) is 10.7. The van der Waals surface area contributed by atoms with E-state index in [1.807, 2.05) is 24.3 Å². The third kappa shape index (κ3) is 2.09. The Hall–Kier alpha value is -2.56. The smallest absolute Gasteiger partial charge is 0.231 e. The lowest BCUT2D eigenvalue weighted by atomic mass is 9.89. The van der Waals surface area contributed by atoms with Crippen LogP contribution in [0.1, 0.15) is 17.0 Å². The van der Waals surface area contributed by atoms with E-state index in [0.717, 1.165) is 29.0 Å². The van der Waals surface area contributed by atoms with Crippen molar-refractivity contribution in [2.45, 2.75) is 12.3 Å². The molecular formula is C17H16O5. The van der Waals surface area contributed by atoms with Crippen molar-refractivity contribution >= 4 is 0 Å². The van der Waals surface area contributed by atoms with Crippen LogP contribution >= 0.6 is 0 Å². The Morgan fingerprint density at radius 3 is 2.68 bits per heavy atom. The molecule has 0 amide bonds. The summed E-state index contributed by atoms with van der Waals surface area (Å²) < 4.78 is 21.7. The molecule has 0 aliphatic carbocycles. The third-order valence-corrected chi connectivity index (χ3v) is 4.14. The second kappa shape index (κ2) is 5.02. The first-order valence-electron chi connectivity index (χ1n) is 7.17. The molecule has 2 aliphatic rings. The SMILES string of the molecule is COc1ccc2c(c1)OCC(c1cc3c(cc1O)OCO3)C2. The normalized spacial score (nSPS) is 18.5. The molecule has 114 valence electrons. The van der Waals surface area contributed by atoms with Crippen LogP contribution in [-0.4, -0.2) is 25.6 Å². The number of hydrogen-bond donors (Lipinski definition) is 1. The summed E-state index contributed by atoms with van der Waals surface area (Å²) in [5.41, 5.74) is 1.93. The molecule has 0 radical (unpaired) electrons. The fourth-order valence-electron chi connectivity index (χ4n) is 2.95. The topological polar surface area (TPSA) is 57.2 Å². The molecule has 1 atom stereocenters. The zero-order valence-electron chi connectivity index (χ0n) is 12.2. The highest BCUT2D eigenvalue weighted by atomic mass is 16.7. The molecule has 0 aromatic heterocycles. The number of fused-ring (bicyclic) bond motifs is 2. The molecule has 0 saturated carbocycles. The second-order valence-corrected chi connectivity index (χ2v) is 5.45. The van der Waals surface area contributed by atoms with Crippen LogP contribution in [0.2, 0.25) is 0 Å². The first-order valence-corrected chi connectivity index (χ1v) is 7.17. The average Bonchev–Trinajstić information content (AvgIpc) is 3.00. The Kier molecular flexibility index (Phi) is 2.99. The van der Waals surface area contributed by atoms with E-state index < -0.39 is 0 Å². The van der Waals surface area contributed by atoms with Gasteiger partial charge in [-0.05, 0) is 24.1 Å². The van der Waals surface area contributed by atoms with Gasteiger partial charge in [0, 0.05) is 23.6 Å². The largest absolute Gasteiger partial charge is 0.508 e. The monoisotopic (exact) mass is 300 g/mol. The van der Waals surface area contributed by atoms with Gasteiger partial charge in [0.25, 0.3) is 0 Å². The van der Waals surface area contributed by atoms with Crippen LogP contribution in [0.15, 0.2) is 30.3 Å². The zero-order chi connectivity index (χ0) is 15.1. The number of phenols is 1. The van der Waals surface area contributed by atoms with E-state index in [0.29, 0.717) is 18.1 Å². The summed E-state index contributed by atoms with van der Waals surface area (Å²) in [4.78, 5) is 0.